The van der Waals surface area contributed by atoms with Crippen molar-refractivity contribution in [1.82, 2.24) is 4.57 Å². The van der Waals surface area contributed by atoms with Crippen LogP contribution < -0.4 is 0 Å². The summed E-state index contributed by atoms with van der Waals surface area (Å²) in [4.78, 5) is 0. The molecule has 0 aliphatic heterocycles. The predicted molar refractivity (Wildman–Crippen MR) is 85.4 cm³/mol. The minimum atomic E-state index is -2.39. The maximum atomic E-state index is 6.07. The van der Waals surface area contributed by atoms with Gasteiger partial charge >= 0.3 is 8.72 Å². The smallest absolute Gasteiger partial charge is 0.386 e. The lowest BCUT2D eigenvalue weighted by atomic mass is 9.99. The lowest BCUT2D eigenvalue weighted by molar-refractivity contribution is 0.119. The highest BCUT2D eigenvalue weighted by atomic mass is 28.4. The number of unbranched alkanes of at least 4 members (excludes halogenated alkanes) is 1. The SMILES string of the molecule is CCCCN(CCC)[Si](OC)(OC)C(C)(C)C(C)C. The van der Waals surface area contributed by atoms with Crippen LogP contribution in [-0.2, 0) is 8.85 Å². The molecule has 0 atom stereocenters. The molecule has 0 aliphatic rings. The molecule has 116 valence electrons. The highest BCUT2D eigenvalue weighted by Gasteiger charge is 2.57. The summed E-state index contributed by atoms with van der Waals surface area (Å²) in [7, 11) is 1.27. The van der Waals surface area contributed by atoms with Crippen LogP contribution in [0.4, 0.5) is 0 Å². The second kappa shape index (κ2) is 8.40. The molecule has 0 bridgehead atoms. The van der Waals surface area contributed by atoms with Crippen molar-refractivity contribution in [1.29, 1.82) is 0 Å². The highest BCUT2D eigenvalue weighted by Crippen LogP contribution is 2.46. The quantitative estimate of drug-likeness (QED) is 0.564. The van der Waals surface area contributed by atoms with Crippen LogP contribution >= 0.6 is 0 Å². The molecule has 19 heavy (non-hydrogen) atoms. The van der Waals surface area contributed by atoms with E-state index in [9.17, 15) is 0 Å². The maximum Gasteiger partial charge on any atom is 0.433 e. The maximum absolute atomic E-state index is 6.07. The summed E-state index contributed by atoms with van der Waals surface area (Å²) >= 11 is 0. The van der Waals surface area contributed by atoms with Gasteiger partial charge in [0.1, 0.15) is 0 Å². The lowest BCUT2D eigenvalue weighted by Gasteiger charge is -2.49. The molecule has 0 radical (unpaired) electrons. The van der Waals surface area contributed by atoms with Gasteiger partial charge in [-0.1, -0.05) is 48.0 Å². The first-order valence-corrected chi connectivity index (χ1v) is 9.45. The molecule has 3 nitrogen and oxygen atoms in total. The van der Waals surface area contributed by atoms with E-state index in [0.717, 1.165) is 19.5 Å². The van der Waals surface area contributed by atoms with Crippen molar-refractivity contribution in [2.24, 2.45) is 5.92 Å². The van der Waals surface area contributed by atoms with Gasteiger partial charge in [-0.05, 0) is 31.8 Å². The normalized spacial score (nSPS) is 13.6. The van der Waals surface area contributed by atoms with Crippen molar-refractivity contribution in [2.75, 3.05) is 27.3 Å². The molecule has 0 fully saturated rings. The minimum Gasteiger partial charge on any atom is -0.386 e. The number of rotatable bonds is 10. The van der Waals surface area contributed by atoms with E-state index in [1.807, 2.05) is 14.2 Å². The average molecular weight is 290 g/mol. The van der Waals surface area contributed by atoms with Gasteiger partial charge in [-0.25, -0.2) is 0 Å². The topological polar surface area (TPSA) is 21.7 Å². The van der Waals surface area contributed by atoms with Gasteiger partial charge < -0.3 is 8.85 Å². The molecule has 0 N–H and O–H groups in total. The molecule has 4 heteroatoms. The second-order valence-electron chi connectivity index (χ2n) is 6.21. The van der Waals surface area contributed by atoms with Crippen molar-refractivity contribution in [2.45, 2.75) is 65.8 Å². The summed E-state index contributed by atoms with van der Waals surface area (Å²) in [5.74, 6) is 0.528. The van der Waals surface area contributed by atoms with Gasteiger partial charge in [-0.3, -0.25) is 4.57 Å². The summed E-state index contributed by atoms with van der Waals surface area (Å²) in [6.07, 6.45) is 3.55. The van der Waals surface area contributed by atoms with E-state index in [-0.39, 0.29) is 5.04 Å². The van der Waals surface area contributed by atoms with Crippen LogP contribution in [0.3, 0.4) is 0 Å². The Morgan fingerprint density at radius 1 is 1.00 bits per heavy atom. The molecule has 0 rings (SSSR count). The number of hydrogen-bond donors (Lipinski definition) is 0. The molecule has 0 aromatic rings. The fraction of sp³-hybridized carbons (Fsp3) is 1.00. The first-order chi connectivity index (χ1) is 8.83. The Labute approximate surface area is 122 Å². The summed E-state index contributed by atoms with van der Waals surface area (Å²) in [6, 6.07) is 0. The van der Waals surface area contributed by atoms with E-state index in [2.05, 4.69) is 46.1 Å². The Balaban J connectivity index is 5.41. The Hall–Kier alpha value is 0.0969. The van der Waals surface area contributed by atoms with E-state index in [0.29, 0.717) is 5.92 Å². The summed E-state index contributed by atoms with van der Waals surface area (Å²) in [6.45, 7) is 15.7. The van der Waals surface area contributed by atoms with Gasteiger partial charge in [-0.2, -0.15) is 0 Å². The summed E-state index contributed by atoms with van der Waals surface area (Å²) in [5.41, 5.74) is 0. The summed E-state index contributed by atoms with van der Waals surface area (Å²) < 4.78 is 14.6. The second-order valence-corrected chi connectivity index (χ2v) is 10.1. The Kier molecular flexibility index (Phi) is 8.44. The fourth-order valence-corrected chi connectivity index (χ4v) is 6.92. The largest absolute Gasteiger partial charge is 0.433 e. The van der Waals surface area contributed by atoms with E-state index in [1.54, 1.807) is 0 Å². The van der Waals surface area contributed by atoms with Crippen LogP contribution in [0.1, 0.15) is 60.8 Å². The summed E-state index contributed by atoms with van der Waals surface area (Å²) in [5, 5.41) is 0.0550. The van der Waals surface area contributed by atoms with Gasteiger partial charge in [0.2, 0.25) is 0 Å². The monoisotopic (exact) mass is 289 g/mol. The van der Waals surface area contributed by atoms with Crippen LogP contribution in [0, 0.1) is 5.92 Å². The van der Waals surface area contributed by atoms with Crippen molar-refractivity contribution in [3.63, 3.8) is 0 Å². The van der Waals surface area contributed by atoms with Crippen LogP contribution in [0.15, 0.2) is 0 Å². The predicted octanol–water partition coefficient (Wildman–Crippen LogP) is 4.17. The minimum absolute atomic E-state index is 0.0550. The third-order valence-corrected chi connectivity index (χ3v) is 9.09. The zero-order valence-corrected chi connectivity index (χ0v) is 15.4. The Morgan fingerprint density at radius 3 is 1.84 bits per heavy atom. The Bertz CT molecular complexity index is 240. The average Bonchev–Trinajstić information content (AvgIpc) is 2.37. The highest BCUT2D eigenvalue weighted by molar-refractivity contribution is 6.67. The first kappa shape index (κ1) is 19.1. The van der Waals surface area contributed by atoms with E-state index in [4.69, 9.17) is 8.85 Å². The van der Waals surface area contributed by atoms with Crippen LogP contribution in [0.5, 0.6) is 0 Å². The zero-order chi connectivity index (χ0) is 15.1. The third-order valence-electron chi connectivity index (χ3n) is 4.50. The third kappa shape index (κ3) is 4.03. The van der Waals surface area contributed by atoms with E-state index >= 15 is 0 Å². The van der Waals surface area contributed by atoms with Crippen molar-refractivity contribution >= 4 is 8.72 Å². The van der Waals surface area contributed by atoms with Gasteiger partial charge in [-0.15, -0.1) is 0 Å². The molecular weight excluding hydrogens is 254 g/mol. The molecule has 0 aromatic carbocycles. The van der Waals surface area contributed by atoms with Gasteiger partial charge in [0.25, 0.3) is 0 Å². The fourth-order valence-electron chi connectivity index (χ4n) is 2.67. The zero-order valence-electron chi connectivity index (χ0n) is 14.4. The molecule has 0 heterocycles. The van der Waals surface area contributed by atoms with Crippen molar-refractivity contribution in [3.05, 3.63) is 0 Å². The van der Waals surface area contributed by atoms with Crippen LogP contribution in [-0.4, -0.2) is 40.6 Å². The van der Waals surface area contributed by atoms with E-state index in [1.165, 1.54) is 12.8 Å². The molecule has 0 aromatic heterocycles. The molecule has 0 amide bonds. The number of nitrogens with zero attached hydrogens (tertiary/aromatic N) is 1. The lowest BCUT2D eigenvalue weighted by Crippen LogP contribution is -2.65. The van der Waals surface area contributed by atoms with Crippen LogP contribution in [0.2, 0.25) is 5.04 Å². The number of hydrogen-bond acceptors (Lipinski definition) is 3. The standard InChI is InChI=1S/C15H35NO2Si/c1-9-11-13-16(12-10-2)19(17-7,18-8)15(5,6)14(3)4/h14H,9-13H2,1-8H3. The van der Waals surface area contributed by atoms with Gasteiger partial charge in [0.05, 0.1) is 0 Å². The van der Waals surface area contributed by atoms with Gasteiger partial charge in [0.15, 0.2) is 0 Å². The van der Waals surface area contributed by atoms with Crippen molar-refractivity contribution < 1.29 is 8.85 Å². The molecule has 0 spiro atoms. The van der Waals surface area contributed by atoms with Gasteiger partial charge in [0, 0.05) is 19.3 Å². The molecular formula is C15H35NO2Si. The Morgan fingerprint density at radius 2 is 1.53 bits per heavy atom. The van der Waals surface area contributed by atoms with Crippen LogP contribution in [0.25, 0.3) is 0 Å². The van der Waals surface area contributed by atoms with E-state index < -0.39 is 8.72 Å². The molecule has 0 saturated heterocycles. The molecule has 0 saturated carbocycles. The molecule has 0 aliphatic carbocycles. The molecule has 0 unspecified atom stereocenters. The van der Waals surface area contributed by atoms with Crippen molar-refractivity contribution in [3.8, 4) is 0 Å². The first-order valence-electron chi connectivity index (χ1n) is 7.69.